The van der Waals surface area contributed by atoms with Gasteiger partial charge in [0.1, 0.15) is 5.82 Å². The van der Waals surface area contributed by atoms with Crippen LogP contribution in [0.4, 0.5) is 11.5 Å². The van der Waals surface area contributed by atoms with Gasteiger partial charge in [0.2, 0.25) is 10.0 Å². The number of sulfonamides is 1. The molecule has 0 aliphatic carbocycles. The van der Waals surface area contributed by atoms with E-state index in [0.29, 0.717) is 11.1 Å². The number of H-pyrrole nitrogens is 1. The number of aromatic nitrogens is 3. The maximum Gasteiger partial charge on any atom is 0.276 e. The molecule has 1 fully saturated rings. The van der Waals surface area contributed by atoms with Gasteiger partial charge in [-0.3, -0.25) is 24.5 Å². The van der Waals surface area contributed by atoms with Gasteiger partial charge in [-0.05, 0) is 80.5 Å². The van der Waals surface area contributed by atoms with E-state index in [0.717, 1.165) is 48.1 Å². The van der Waals surface area contributed by atoms with Crippen molar-refractivity contribution in [3.8, 4) is 0 Å². The van der Waals surface area contributed by atoms with Gasteiger partial charge in [0.05, 0.1) is 23.7 Å². The molecule has 3 heterocycles. The van der Waals surface area contributed by atoms with Gasteiger partial charge < -0.3 is 5.32 Å². The second-order valence-electron chi connectivity index (χ2n) is 9.14. The third kappa shape index (κ3) is 7.11. The standard InChI is InChI=1S/C26H31N7O3S/c1-18(13-19(15-27-2)17-33-11-5-4-6-12-33)20-7-9-23-22(14-20)25(31-30-23)26(34)29-21-8-10-24(28-16-21)32-37(3,35)36/h7-10,13-16H,2,4-6,11-12,17H2,1,3H3,(H,28,32)(H,29,34)(H,30,31)/b18-13+,19-15+. The first-order chi connectivity index (χ1) is 17.7. The Morgan fingerprint density at radius 3 is 2.68 bits per heavy atom. The molecule has 3 N–H and O–H groups in total. The Kier molecular flexibility index (Phi) is 8.14. The lowest BCUT2D eigenvalue weighted by Gasteiger charge is -2.26. The number of nitrogens with one attached hydrogen (secondary N) is 3. The number of benzene rings is 1. The number of fused-ring (bicyclic) bond motifs is 1. The number of aliphatic imine (C=N–C) groups is 1. The summed E-state index contributed by atoms with van der Waals surface area (Å²) in [6, 6.07) is 8.87. The first kappa shape index (κ1) is 26.2. The summed E-state index contributed by atoms with van der Waals surface area (Å²) in [5.74, 6) is -0.241. The number of allylic oxidation sites excluding steroid dienone is 1. The summed E-state index contributed by atoms with van der Waals surface area (Å²) in [4.78, 5) is 23.4. The third-order valence-corrected chi connectivity index (χ3v) is 6.64. The average molecular weight is 522 g/mol. The van der Waals surface area contributed by atoms with E-state index >= 15 is 0 Å². The zero-order chi connectivity index (χ0) is 26.4. The van der Waals surface area contributed by atoms with Gasteiger partial charge in [-0.1, -0.05) is 18.6 Å². The van der Waals surface area contributed by atoms with Crippen LogP contribution in [0, 0.1) is 0 Å². The Balaban J connectivity index is 1.52. The number of anilines is 2. The number of carbonyl (C=O) groups is 1. The summed E-state index contributed by atoms with van der Waals surface area (Å²) in [7, 11) is -3.44. The molecule has 1 aliphatic rings. The van der Waals surface area contributed by atoms with Crippen molar-refractivity contribution >= 4 is 50.6 Å². The van der Waals surface area contributed by atoms with Crippen LogP contribution >= 0.6 is 0 Å². The second-order valence-corrected chi connectivity index (χ2v) is 10.9. The zero-order valence-electron chi connectivity index (χ0n) is 21.0. The number of piperidine rings is 1. The van der Waals surface area contributed by atoms with Crippen LogP contribution in [0.2, 0.25) is 0 Å². The molecule has 2 aromatic heterocycles. The van der Waals surface area contributed by atoms with E-state index in [1.165, 1.54) is 31.5 Å². The number of carbonyl (C=O) groups excluding carboxylic acids is 1. The molecular formula is C26H31N7O3S. The first-order valence-corrected chi connectivity index (χ1v) is 13.9. The lowest BCUT2D eigenvalue weighted by molar-refractivity contribution is 0.102. The van der Waals surface area contributed by atoms with Gasteiger partial charge in [0.25, 0.3) is 5.91 Å². The summed E-state index contributed by atoms with van der Waals surface area (Å²) >= 11 is 0. The van der Waals surface area contributed by atoms with Crippen LogP contribution in [0.3, 0.4) is 0 Å². The molecule has 11 heteroatoms. The van der Waals surface area contributed by atoms with Gasteiger partial charge >= 0.3 is 0 Å². The van der Waals surface area contributed by atoms with E-state index in [9.17, 15) is 13.2 Å². The van der Waals surface area contributed by atoms with Crippen molar-refractivity contribution in [3.63, 3.8) is 0 Å². The molecule has 37 heavy (non-hydrogen) atoms. The molecule has 1 aliphatic heterocycles. The molecule has 1 saturated heterocycles. The second kappa shape index (κ2) is 11.5. The number of likely N-dealkylation sites (tertiary alicyclic amines) is 1. The minimum absolute atomic E-state index is 0.165. The van der Waals surface area contributed by atoms with Crippen molar-refractivity contribution in [2.45, 2.75) is 26.2 Å². The number of amides is 1. The number of rotatable bonds is 9. The van der Waals surface area contributed by atoms with E-state index in [1.807, 2.05) is 25.1 Å². The van der Waals surface area contributed by atoms with Crippen LogP contribution < -0.4 is 10.0 Å². The van der Waals surface area contributed by atoms with E-state index in [-0.39, 0.29) is 11.5 Å². The van der Waals surface area contributed by atoms with Crippen LogP contribution in [-0.4, -0.2) is 67.0 Å². The van der Waals surface area contributed by atoms with Crippen LogP contribution in [0.5, 0.6) is 0 Å². The molecule has 1 amide bonds. The monoisotopic (exact) mass is 521 g/mol. The Bertz CT molecular complexity index is 1450. The summed E-state index contributed by atoms with van der Waals surface area (Å²) < 4.78 is 25.0. The minimum Gasteiger partial charge on any atom is -0.319 e. The molecule has 10 nitrogen and oxygen atoms in total. The van der Waals surface area contributed by atoms with Crippen molar-refractivity contribution in [2.75, 3.05) is 35.9 Å². The lowest BCUT2D eigenvalue weighted by atomic mass is 10.0. The van der Waals surface area contributed by atoms with Crippen molar-refractivity contribution in [3.05, 3.63) is 65.6 Å². The van der Waals surface area contributed by atoms with Crippen LogP contribution in [0.15, 0.2) is 59.4 Å². The Labute approximate surface area is 216 Å². The SMILES string of the molecule is C=N/C=C(\C=C(/C)c1ccc2[nH]nc(C(=O)Nc3ccc(NS(C)(=O)=O)nc3)c2c1)CN1CCCCC1. The maximum absolute atomic E-state index is 13.0. The first-order valence-electron chi connectivity index (χ1n) is 12.0. The highest BCUT2D eigenvalue weighted by Crippen LogP contribution is 2.25. The molecule has 0 bridgehead atoms. The topological polar surface area (TPSA) is 132 Å². The quantitative estimate of drug-likeness (QED) is 0.287. The number of hydrogen-bond acceptors (Lipinski definition) is 7. The molecule has 0 spiro atoms. The van der Waals surface area contributed by atoms with Crippen molar-refractivity contribution in [1.82, 2.24) is 20.1 Å². The van der Waals surface area contributed by atoms with Gasteiger partial charge in [-0.2, -0.15) is 5.10 Å². The van der Waals surface area contributed by atoms with Gasteiger partial charge in [0, 0.05) is 18.1 Å². The number of hydrogen-bond donors (Lipinski definition) is 3. The Morgan fingerprint density at radius 2 is 2.00 bits per heavy atom. The molecule has 4 rings (SSSR count). The molecular weight excluding hydrogens is 490 g/mol. The van der Waals surface area contributed by atoms with Crippen LogP contribution in [-0.2, 0) is 10.0 Å². The van der Waals surface area contributed by atoms with E-state index in [4.69, 9.17) is 0 Å². The average Bonchev–Trinajstić information content (AvgIpc) is 3.28. The highest BCUT2D eigenvalue weighted by Gasteiger charge is 2.16. The van der Waals surface area contributed by atoms with E-state index in [2.05, 4.69) is 47.9 Å². The van der Waals surface area contributed by atoms with Crippen molar-refractivity contribution < 1.29 is 13.2 Å². The van der Waals surface area contributed by atoms with E-state index in [1.54, 1.807) is 12.3 Å². The van der Waals surface area contributed by atoms with Crippen LogP contribution in [0.25, 0.3) is 16.5 Å². The van der Waals surface area contributed by atoms with Gasteiger partial charge in [-0.25, -0.2) is 13.4 Å². The molecule has 3 aromatic rings. The summed E-state index contributed by atoms with van der Waals surface area (Å²) in [5, 5.41) is 10.6. The summed E-state index contributed by atoms with van der Waals surface area (Å²) in [5.41, 5.74) is 4.50. The highest BCUT2D eigenvalue weighted by atomic mass is 32.2. The molecule has 0 radical (unpaired) electrons. The Hall–Kier alpha value is -3.83. The number of pyridine rings is 1. The predicted molar refractivity (Wildman–Crippen MR) is 148 cm³/mol. The third-order valence-electron chi connectivity index (χ3n) is 6.06. The lowest BCUT2D eigenvalue weighted by Crippen LogP contribution is -2.31. The smallest absolute Gasteiger partial charge is 0.276 e. The highest BCUT2D eigenvalue weighted by molar-refractivity contribution is 7.92. The van der Waals surface area contributed by atoms with Gasteiger partial charge in [-0.15, -0.1) is 0 Å². The molecule has 0 saturated carbocycles. The van der Waals surface area contributed by atoms with Crippen molar-refractivity contribution in [2.24, 2.45) is 4.99 Å². The van der Waals surface area contributed by atoms with Crippen LogP contribution in [0.1, 0.15) is 42.2 Å². The van der Waals surface area contributed by atoms with E-state index < -0.39 is 15.9 Å². The fourth-order valence-corrected chi connectivity index (χ4v) is 4.82. The van der Waals surface area contributed by atoms with Crippen molar-refractivity contribution in [1.29, 1.82) is 0 Å². The normalized spacial score (nSPS) is 15.5. The predicted octanol–water partition coefficient (Wildman–Crippen LogP) is 4.06. The summed E-state index contributed by atoms with van der Waals surface area (Å²) in [6.45, 7) is 8.67. The molecule has 0 unspecified atom stereocenters. The Morgan fingerprint density at radius 1 is 1.22 bits per heavy atom. The zero-order valence-corrected chi connectivity index (χ0v) is 21.8. The molecule has 0 atom stereocenters. The number of aromatic amines is 1. The fraction of sp³-hybridized carbons (Fsp3) is 0.308. The minimum atomic E-state index is -3.44. The fourth-order valence-electron chi connectivity index (χ4n) is 4.32. The molecule has 1 aromatic carbocycles. The number of nitrogens with zero attached hydrogens (tertiary/aromatic N) is 4. The van der Waals surface area contributed by atoms with Gasteiger partial charge in [0.15, 0.2) is 5.69 Å². The maximum atomic E-state index is 13.0. The molecule has 194 valence electrons. The summed E-state index contributed by atoms with van der Waals surface area (Å²) in [6.07, 6.45) is 10.1. The largest absolute Gasteiger partial charge is 0.319 e.